The van der Waals surface area contributed by atoms with Gasteiger partial charge >= 0.3 is 12.1 Å². The highest BCUT2D eigenvalue weighted by Gasteiger charge is 2.34. The summed E-state index contributed by atoms with van der Waals surface area (Å²) >= 11 is 0. The minimum Gasteiger partial charge on any atom is -0.481 e. The molecule has 2 aliphatic rings. The Morgan fingerprint density at radius 2 is 1.57 bits per heavy atom. The maximum atomic E-state index is 12.9. The number of hydrogen-bond donors (Lipinski definition) is 3. The molecule has 7 nitrogen and oxygen atoms in total. The Kier molecular flexibility index (Phi) is 7.73. The lowest BCUT2D eigenvalue weighted by atomic mass is 9.78. The third-order valence-electron chi connectivity index (χ3n) is 7.03. The van der Waals surface area contributed by atoms with E-state index in [2.05, 4.69) is 48.7 Å². The van der Waals surface area contributed by atoms with Gasteiger partial charge in [0, 0.05) is 18.4 Å². The standard InChI is InChI=1S/C28H34N2O5/c1-17(2)11-12-25(27(33)29-19-13-18(14-19)15-26(31)32)30-28(34)35-16-24-22-9-5-3-7-20(22)21-8-4-6-10-23(21)24/h3-10,17-19,24-25H,11-16H2,1-2H3,(H,29,33)(H,30,34)(H,31,32). The van der Waals surface area contributed by atoms with Crippen LogP contribution in [0.2, 0.25) is 0 Å². The molecule has 2 aromatic rings. The van der Waals surface area contributed by atoms with E-state index in [-0.39, 0.29) is 36.8 Å². The van der Waals surface area contributed by atoms with Gasteiger partial charge in [-0.3, -0.25) is 9.59 Å². The van der Waals surface area contributed by atoms with Gasteiger partial charge in [-0.1, -0.05) is 62.4 Å². The minimum atomic E-state index is -0.813. The van der Waals surface area contributed by atoms with Crippen molar-refractivity contribution in [2.45, 2.75) is 64.0 Å². The van der Waals surface area contributed by atoms with Crippen molar-refractivity contribution in [2.75, 3.05) is 6.61 Å². The van der Waals surface area contributed by atoms with Crippen LogP contribution in [0, 0.1) is 11.8 Å². The molecule has 1 saturated carbocycles. The molecule has 0 heterocycles. The molecule has 4 rings (SSSR count). The fourth-order valence-corrected chi connectivity index (χ4v) is 5.12. The molecule has 0 aliphatic heterocycles. The van der Waals surface area contributed by atoms with Crippen molar-refractivity contribution in [3.8, 4) is 11.1 Å². The fourth-order valence-electron chi connectivity index (χ4n) is 5.12. The van der Waals surface area contributed by atoms with Gasteiger partial charge in [0.2, 0.25) is 5.91 Å². The van der Waals surface area contributed by atoms with Gasteiger partial charge in [0.1, 0.15) is 12.6 Å². The van der Waals surface area contributed by atoms with E-state index in [0.717, 1.165) is 28.7 Å². The molecule has 1 atom stereocenters. The molecule has 186 valence electrons. The lowest BCUT2D eigenvalue weighted by molar-refractivity contribution is -0.139. The molecule has 2 amide bonds. The van der Waals surface area contributed by atoms with Gasteiger partial charge < -0.3 is 20.5 Å². The van der Waals surface area contributed by atoms with Crippen molar-refractivity contribution in [3.63, 3.8) is 0 Å². The van der Waals surface area contributed by atoms with Crippen molar-refractivity contribution >= 4 is 18.0 Å². The Labute approximate surface area is 206 Å². The van der Waals surface area contributed by atoms with Crippen molar-refractivity contribution in [3.05, 3.63) is 59.7 Å². The van der Waals surface area contributed by atoms with Crippen LogP contribution in [-0.2, 0) is 14.3 Å². The number of carboxylic acids is 1. The molecule has 1 unspecified atom stereocenters. The van der Waals surface area contributed by atoms with E-state index in [1.807, 2.05) is 24.3 Å². The maximum Gasteiger partial charge on any atom is 0.407 e. The minimum absolute atomic E-state index is 0.0438. The van der Waals surface area contributed by atoms with Crippen molar-refractivity contribution in [1.82, 2.24) is 10.6 Å². The number of fused-ring (bicyclic) bond motifs is 3. The summed E-state index contributed by atoms with van der Waals surface area (Å²) in [4.78, 5) is 36.5. The fraction of sp³-hybridized carbons (Fsp3) is 0.464. The van der Waals surface area contributed by atoms with E-state index < -0.39 is 18.1 Å². The van der Waals surface area contributed by atoms with Crippen LogP contribution in [0.3, 0.4) is 0 Å². The Morgan fingerprint density at radius 3 is 2.14 bits per heavy atom. The molecule has 7 heteroatoms. The van der Waals surface area contributed by atoms with Crippen LogP contribution in [0.1, 0.15) is 63.0 Å². The monoisotopic (exact) mass is 478 g/mol. The van der Waals surface area contributed by atoms with Crippen molar-refractivity contribution in [1.29, 1.82) is 0 Å². The smallest absolute Gasteiger partial charge is 0.407 e. The Hall–Kier alpha value is -3.35. The molecular formula is C28H34N2O5. The molecule has 0 bridgehead atoms. The summed E-state index contributed by atoms with van der Waals surface area (Å²) in [6.45, 7) is 4.34. The van der Waals surface area contributed by atoms with E-state index in [9.17, 15) is 14.4 Å². The zero-order valence-electron chi connectivity index (χ0n) is 20.3. The van der Waals surface area contributed by atoms with E-state index >= 15 is 0 Å². The first-order valence-electron chi connectivity index (χ1n) is 12.5. The van der Waals surface area contributed by atoms with Gasteiger partial charge in [-0.05, 0) is 59.8 Å². The van der Waals surface area contributed by atoms with Crippen LogP contribution >= 0.6 is 0 Å². The number of carboxylic acid groups (broad SMARTS) is 1. The number of nitrogens with one attached hydrogen (secondary N) is 2. The topological polar surface area (TPSA) is 105 Å². The molecule has 2 aliphatic carbocycles. The summed E-state index contributed by atoms with van der Waals surface area (Å²) in [6, 6.07) is 15.6. The van der Waals surface area contributed by atoms with Gasteiger partial charge in [0.15, 0.2) is 0 Å². The zero-order chi connectivity index (χ0) is 24.9. The average Bonchev–Trinajstić information content (AvgIpc) is 3.12. The number of carbonyl (C=O) groups excluding carboxylic acids is 2. The van der Waals surface area contributed by atoms with Crippen LogP contribution in [-0.4, -0.2) is 41.8 Å². The second kappa shape index (κ2) is 10.9. The molecule has 1 fully saturated rings. The quantitative estimate of drug-likeness (QED) is 0.459. The molecule has 2 aromatic carbocycles. The number of aliphatic carboxylic acids is 1. The number of carbonyl (C=O) groups is 3. The highest BCUT2D eigenvalue weighted by molar-refractivity contribution is 5.86. The van der Waals surface area contributed by atoms with Crippen LogP contribution in [0.15, 0.2) is 48.5 Å². The number of hydrogen-bond acceptors (Lipinski definition) is 4. The Balaban J connectivity index is 1.34. The second-order valence-electron chi connectivity index (χ2n) is 10.1. The largest absolute Gasteiger partial charge is 0.481 e. The van der Waals surface area contributed by atoms with E-state index in [1.54, 1.807) is 0 Å². The Morgan fingerprint density at radius 1 is 0.971 bits per heavy atom. The number of rotatable bonds is 10. The summed E-state index contributed by atoms with van der Waals surface area (Å²) in [5, 5.41) is 14.7. The lowest BCUT2D eigenvalue weighted by Crippen LogP contribution is -2.53. The van der Waals surface area contributed by atoms with E-state index in [4.69, 9.17) is 9.84 Å². The first-order valence-corrected chi connectivity index (χ1v) is 12.5. The summed E-state index contributed by atoms with van der Waals surface area (Å²) in [6.07, 6.45) is 2.13. The van der Waals surface area contributed by atoms with E-state index in [0.29, 0.717) is 25.2 Å². The third kappa shape index (κ3) is 6.02. The second-order valence-corrected chi connectivity index (χ2v) is 10.1. The predicted molar refractivity (Wildman–Crippen MR) is 133 cm³/mol. The molecular weight excluding hydrogens is 444 g/mol. The third-order valence-corrected chi connectivity index (χ3v) is 7.03. The van der Waals surface area contributed by atoms with Crippen molar-refractivity contribution < 1.29 is 24.2 Å². The number of benzene rings is 2. The summed E-state index contributed by atoms with van der Waals surface area (Å²) < 4.78 is 5.64. The predicted octanol–water partition coefficient (Wildman–Crippen LogP) is 4.70. The molecule has 0 radical (unpaired) electrons. The van der Waals surface area contributed by atoms with Crippen molar-refractivity contribution in [2.24, 2.45) is 11.8 Å². The molecule has 0 spiro atoms. The van der Waals surface area contributed by atoms with Gasteiger partial charge in [0.25, 0.3) is 0 Å². The molecule has 0 aromatic heterocycles. The normalized spacial score (nSPS) is 19.3. The highest BCUT2D eigenvalue weighted by Crippen LogP contribution is 2.44. The van der Waals surface area contributed by atoms with Gasteiger partial charge in [-0.25, -0.2) is 4.79 Å². The molecule has 0 saturated heterocycles. The van der Waals surface area contributed by atoms with E-state index in [1.165, 1.54) is 0 Å². The summed E-state index contributed by atoms with van der Waals surface area (Å²) in [7, 11) is 0. The first-order chi connectivity index (χ1) is 16.8. The summed E-state index contributed by atoms with van der Waals surface area (Å²) in [5.74, 6) is -0.609. The van der Waals surface area contributed by atoms with Crippen LogP contribution in [0.4, 0.5) is 4.79 Å². The highest BCUT2D eigenvalue weighted by atomic mass is 16.5. The Bertz CT molecular complexity index is 1030. The zero-order valence-corrected chi connectivity index (χ0v) is 20.3. The van der Waals surface area contributed by atoms with Gasteiger partial charge in [-0.15, -0.1) is 0 Å². The maximum absolute atomic E-state index is 12.9. The summed E-state index contributed by atoms with van der Waals surface area (Å²) in [5.41, 5.74) is 4.59. The van der Waals surface area contributed by atoms with Gasteiger partial charge in [-0.2, -0.15) is 0 Å². The first kappa shape index (κ1) is 24.8. The molecule has 35 heavy (non-hydrogen) atoms. The van der Waals surface area contributed by atoms with Crippen LogP contribution in [0.25, 0.3) is 11.1 Å². The SMILES string of the molecule is CC(C)CCC(NC(=O)OCC1c2ccccc2-c2ccccc21)C(=O)NC1CC(CC(=O)O)C1. The number of ether oxygens (including phenoxy) is 1. The van der Waals surface area contributed by atoms with Gasteiger partial charge in [0.05, 0.1) is 0 Å². The van der Waals surface area contributed by atoms with Crippen LogP contribution < -0.4 is 10.6 Å². The average molecular weight is 479 g/mol. The molecule has 3 N–H and O–H groups in total. The van der Waals surface area contributed by atoms with Crippen LogP contribution in [0.5, 0.6) is 0 Å². The number of alkyl carbamates (subject to hydrolysis) is 1. The number of amides is 2. The lowest BCUT2D eigenvalue weighted by Gasteiger charge is -2.36.